The zero-order valence-corrected chi connectivity index (χ0v) is 36.4. The second-order valence-electron chi connectivity index (χ2n) is 17.5. The first-order valence-corrected chi connectivity index (χ1v) is 23.8. The van der Waals surface area contributed by atoms with E-state index in [-0.39, 0.29) is 25.2 Å². The molecule has 1 N–H and O–H groups in total. The van der Waals surface area contributed by atoms with Crippen LogP contribution in [-0.2, 0) is 19.1 Å². The van der Waals surface area contributed by atoms with Gasteiger partial charge in [-0.05, 0) is 24.7 Å². The van der Waals surface area contributed by atoms with E-state index in [0.29, 0.717) is 12.8 Å². The summed E-state index contributed by atoms with van der Waals surface area (Å²) in [7, 11) is 0. The minimum absolute atomic E-state index is 0.0574. The van der Waals surface area contributed by atoms with Crippen molar-refractivity contribution in [1.29, 1.82) is 0 Å². The predicted octanol–water partition coefficient (Wildman–Crippen LogP) is 15.2. The molecule has 0 saturated carbocycles. The van der Waals surface area contributed by atoms with E-state index in [0.717, 1.165) is 43.9 Å². The van der Waals surface area contributed by atoms with Crippen LogP contribution in [0.1, 0.15) is 265 Å². The van der Waals surface area contributed by atoms with Crippen molar-refractivity contribution in [3.63, 3.8) is 0 Å². The van der Waals surface area contributed by atoms with Gasteiger partial charge in [-0.15, -0.1) is 0 Å². The van der Waals surface area contributed by atoms with Gasteiger partial charge in [-0.3, -0.25) is 9.59 Å². The van der Waals surface area contributed by atoms with Gasteiger partial charge < -0.3 is 14.6 Å². The van der Waals surface area contributed by atoms with Gasteiger partial charge >= 0.3 is 11.9 Å². The zero-order chi connectivity index (χ0) is 38.9. The number of hydrogen-bond acceptors (Lipinski definition) is 5. The molecule has 0 unspecified atom stereocenters. The maximum absolute atomic E-state index is 12.2. The average Bonchev–Trinajstić information content (AvgIpc) is 3.13. The molecule has 0 aliphatic rings. The Morgan fingerprint density at radius 2 is 0.623 bits per heavy atom. The van der Waals surface area contributed by atoms with Gasteiger partial charge in [0.25, 0.3) is 0 Å². The molecule has 0 fully saturated rings. The van der Waals surface area contributed by atoms with Gasteiger partial charge in [0.15, 0.2) is 6.10 Å². The van der Waals surface area contributed by atoms with Crippen LogP contribution in [0.15, 0.2) is 0 Å². The molecule has 0 bridgehead atoms. The number of ether oxygens (including phenoxy) is 2. The summed E-state index contributed by atoms with van der Waals surface area (Å²) in [5, 5.41) is 9.60. The van der Waals surface area contributed by atoms with E-state index in [1.807, 2.05) is 0 Å². The highest BCUT2D eigenvalue weighted by Crippen LogP contribution is 2.17. The Labute approximate surface area is 331 Å². The summed E-state index contributed by atoms with van der Waals surface area (Å²) in [6.07, 6.45) is 46.1. The molecule has 5 heteroatoms. The highest BCUT2D eigenvalue weighted by Gasteiger charge is 2.16. The van der Waals surface area contributed by atoms with Crippen molar-refractivity contribution in [2.75, 3.05) is 13.2 Å². The molecule has 1 atom stereocenters. The van der Waals surface area contributed by atoms with Crippen molar-refractivity contribution in [3.05, 3.63) is 0 Å². The Balaban J connectivity index is 3.45. The van der Waals surface area contributed by atoms with Gasteiger partial charge in [-0.2, -0.15) is 0 Å². The molecular weight excluding hydrogens is 657 g/mol. The lowest BCUT2D eigenvalue weighted by Crippen LogP contribution is -2.28. The van der Waals surface area contributed by atoms with Crippen LogP contribution in [0.2, 0.25) is 0 Å². The fraction of sp³-hybridized carbons (Fsp3) is 0.958. The second kappa shape index (κ2) is 42.1. The molecule has 0 aliphatic carbocycles. The van der Waals surface area contributed by atoms with E-state index >= 15 is 0 Å². The smallest absolute Gasteiger partial charge is 0.306 e. The molecule has 0 amide bonds. The summed E-state index contributed by atoms with van der Waals surface area (Å²) in [4.78, 5) is 24.4. The molecule has 5 nitrogen and oxygen atoms in total. The van der Waals surface area contributed by atoms with E-state index in [1.165, 1.54) is 193 Å². The van der Waals surface area contributed by atoms with Gasteiger partial charge in [0, 0.05) is 12.8 Å². The van der Waals surface area contributed by atoms with Crippen LogP contribution >= 0.6 is 0 Å². The Kier molecular flexibility index (Phi) is 41.2. The first-order chi connectivity index (χ1) is 25.8. The molecule has 0 radical (unpaired) electrons. The van der Waals surface area contributed by atoms with Gasteiger partial charge in [0.2, 0.25) is 0 Å². The lowest BCUT2D eigenvalue weighted by Gasteiger charge is -2.15. The van der Waals surface area contributed by atoms with E-state index in [4.69, 9.17) is 9.47 Å². The number of aliphatic hydroxyl groups excluding tert-OH is 1. The summed E-state index contributed by atoms with van der Waals surface area (Å²) >= 11 is 0. The maximum Gasteiger partial charge on any atom is 0.306 e. The zero-order valence-electron chi connectivity index (χ0n) is 36.4. The van der Waals surface area contributed by atoms with E-state index in [1.54, 1.807) is 0 Å². The monoisotopic (exact) mass is 751 g/mol. The molecule has 0 aliphatic heterocycles. The fourth-order valence-corrected chi connectivity index (χ4v) is 7.40. The third kappa shape index (κ3) is 43.5. The summed E-state index contributed by atoms with van der Waals surface area (Å²) in [6.45, 7) is 8.92. The molecule has 0 rings (SSSR count). The highest BCUT2D eigenvalue weighted by molar-refractivity contribution is 5.70. The Hall–Kier alpha value is -1.10. The number of aliphatic hydroxyl groups is 1. The number of carbonyl (C=O) groups excluding carboxylic acids is 2. The van der Waals surface area contributed by atoms with Crippen LogP contribution in [0.25, 0.3) is 0 Å². The minimum atomic E-state index is -0.764. The Morgan fingerprint density at radius 1 is 0.377 bits per heavy atom. The van der Waals surface area contributed by atoms with Crippen molar-refractivity contribution < 1.29 is 24.2 Å². The standard InChI is InChI=1S/C48H94O5/c1-44(2)38-34-30-26-22-18-14-10-7-5-6-8-12-17-21-25-29-33-37-41-48(51)53-46(42-49)43-52-47(50)40-36-32-28-24-20-16-13-9-11-15-19-23-27-31-35-39-45(3)4/h44-46,49H,5-43H2,1-4H3/t46-/m0/s1. The lowest BCUT2D eigenvalue weighted by atomic mass is 10.0. The predicted molar refractivity (Wildman–Crippen MR) is 228 cm³/mol. The quantitative estimate of drug-likeness (QED) is 0.0496. The van der Waals surface area contributed by atoms with Crippen LogP contribution in [-0.4, -0.2) is 36.4 Å². The molecule has 316 valence electrons. The molecule has 0 spiro atoms. The molecule has 0 aromatic carbocycles. The minimum Gasteiger partial charge on any atom is -0.462 e. The largest absolute Gasteiger partial charge is 0.462 e. The number of esters is 2. The van der Waals surface area contributed by atoms with E-state index in [2.05, 4.69) is 27.7 Å². The summed E-state index contributed by atoms with van der Waals surface area (Å²) < 4.78 is 10.7. The number of rotatable bonds is 43. The van der Waals surface area contributed by atoms with Crippen molar-refractivity contribution in [1.82, 2.24) is 0 Å². The van der Waals surface area contributed by atoms with Crippen LogP contribution in [0.3, 0.4) is 0 Å². The maximum atomic E-state index is 12.2. The Bertz CT molecular complexity index is 750. The number of carbonyl (C=O) groups is 2. The van der Waals surface area contributed by atoms with E-state index < -0.39 is 6.10 Å². The lowest BCUT2D eigenvalue weighted by molar-refractivity contribution is -0.161. The molecule has 0 aromatic rings. The topological polar surface area (TPSA) is 72.8 Å². The molecule has 0 saturated heterocycles. The van der Waals surface area contributed by atoms with E-state index in [9.17, 15) is 14.7 Å². The number of hydrogen-bond donors (Lipinski definition) is 1. The van der Waals surface area contributed by atoms with Gasteiger partial charge in [-0.1, -0.05) is 240 Å². The van der Waals surface area contributed by atoms with Gasteiger partial charge in [0.05, 0.1) is 6.61 Å². The van der Waals surface area contributed by atoms with Crippen LogP contribution in [0, 0.1) is 11.8 Å². The normalized spacial score (nSPS) is 12.2. The average molecular weight is 751 g/mol. The molecule has 0 heterocycles. The molecule has 53 heavy (non-hydrogen) atoms. The second-order valence-corrected chi connectivity index (χ2v) is 17.5. The van der Waals surface area contributed by atoms with Crippen molar-refractivity contribution >= 4 is 11.9 Å². The van der Waals surface area contributed by atoms with Gasteiger partial charge in [0.1, 0.15) is 6.61 Å². The first-order valence-electron chi connectivity index (χ1n) is 23.8. The fourth-order valence-electron chi connectivity index (χ4n) is 7.40. The van der Waals surface area contributed by atoms with Crippen molar-refractivity contribution in [3.8, 4) is 0 Å². The SMILES string of the molecule is CC(C)CCCCCCCCCCCCCCCCCCCCC(=O)O[C@@H](CO)COC(=O)CCCCCCCCCCCCCCCCCC(C)C. The third-order valence-electron chi connectivity index (χ3n) is 11.0. The van der Waals surface area contributed by atoms with Gasteiger partial charge in [-0.25, -0.2) is 0 Å². The number of unbranched alkanes of at least 4 members (excludes halogenated alkanes) is 31. The van der Waals surface area contributed by atoms with Crippen molar-refractivity contribution in [2.45, 2.75) is 271 Å². The molecule has 0 aromatic heterocycles. The van der Waals surface area contributed by atoms with Crippen LogP contribution < -0.4 is 0 Å². The molecular formula is C48H94O5. The van der Waals surface area contributed by atoms with Crippen LogP contribution in [0.4, 0.5) is 0 Å². The summed E-state index contributed by atoms with van der Waals surface area (Å²) in [5.41, 5.74) is 0. The summed E-state index contributed by atoms with van der Waals surface area (Å²) in [6, 6.07) is 0. The first kappa shape index (κ1) is 51.9. The Morgan fingerprint density at radius 3 is 0.887 bits per heavy atom. The van der Waals surface area contributed by atoms with Crippen LogP contribution in [0.5, 0.6) is 0 Å². The highest BCUT2D eigenvalue weighted by atomic mass is 16.6. The van der Waals surface area contributed by atoms with Crippen molar-refractivity contribution in [2.24, 2.45) is 11.8 Å². The summed E-state index contributed by atoms with van der Waals surface area (Å²) in [5.74, 6) is 1.15. The third-order valence-corrected chi connectivity index (χ3v) is 11.0.